The van der Waals surface area contributed by atoms with E-state index in [1.165, 1.54) is 0 Å². The van der Waals surface area contributed by atoms with Crippen molar-refractivity contribution in [2.45, 2.75) is 32.6 Å². The van der Waals surface area contributed by atoms with Gasteiger partial charge in [0, 0.05) is 18.5 Å². The molecule has 7 heteroatoms. The van der Waals surface area contributed by atoms with Crippen molar-refractivity contribution in [3.63, 3.8) is 0 Å². The third-order valence-corrected chi connectivity index (χ3v) is 4.36. The molecule has 1 aliphatic heterocycles. The standard InChI is InChI=1S/C18H22N4O3/c1-18(2,3)17-20-15(25-21-17)12-6-4-5-7-13(12)16(24)22-9-8-11(10-22)14(19)23/h4-7,11H,8-10H2,1-3H3,(H2,19,23)/t11-/m1/s1. The monoisotopic (exact) mass is 342 g/mol. The average Bonchev–Trinajstić information content (AvgIpc) is 3.23. The number of nitrogens with zero attached hydrogens (tertiary/aromatic N) is 3. The number of hydrogen-bond donors (Lipinski definition) is 1. The summed E-state index contributed by atoms with van der Waals surface area (Å²) in [7, 11) is 0. The normalized spacial score (nSPS) is 17.7. The molecule has 0 saturated carbocycles. The van der Waals surface area contributed by atoms with Gasteiger partial charge in [-0.15, -0.1) is 0 Å². The molecular weight excluding hydrogens is 320 g/mol. The minimum Gasteiger partial charge on any atom is -0.369 e. The first-order valence-corrected chi connectivity index (χ1v) is 8.29. The number of aromatic nitrogens is 2. The van der Waals surface area contributed by atoms with E-state index in [0.29, 0.717) is 42.4 Å². The van der Waals surface area contributed by atoms with Crippen molar-refractivity contribution >= 4 is 11.8 Å². The number of carbonyl (C=O) groups excluding carboxylic acids is 2. The molecule has 1 aromatic carbocycles. The van der Waals surface area contributed by atoms with Crippen LogP contribution in [0.4, 0.5) is 0 Å². The second kappa shape index (κ2) is 6.31. The molecule has 1 fully saturated rings. The zero-order chi connectivity index (χ0) is 18.2. The molecule has 1 saturated heterocycles. The summed E-state index contributed by atoms with van der Waals surface area (Å²) >= 11 is 0. The van der Waals surface area contributed by atoms with Crippen molar-refractivity contribution < 1.29 is 14.1 Å². The van der Waals surface area contributed by atoms with Crippen LogP contribution in [-0.4, -0.2) is 39.9 Å². The third-order valence-electron chi connectivity index (χ3n) is 4.36. The Bertz CT molecular complexity index is 807. The van der Waals surface area contributed by atoms with E-state index in [9.17, 15) is 9.59 Å². The van der Waals surface area contributed by atoms with Gasteiger partial charge in [-0.2, -0.15) is 4.98 Å². The largest absolute Gasteiger partial charge is 0.369 e. The highest BCUT2D eigenvalue weighted by molar-refractivity contribution is 6.00. The fourth-order valence-electron chi connectivity index (χ4n) is 2.84. The first-order valence-electron chi connectivity index (χ1n) is 8.29. The fraction of sp³-hybridized carbons (Fsp3) is 0.444. The van der Waals surface area contributed by atoms with Crippen LogP contribution >= 0.6 is 0 Å². The van der Waals surface area contributed by atoms with Crippen LogP contribution in [0.25, 0.3) is 11.5 Å². The molecule has 2 N–H and O–H groups in total. The Morgan fingerprint density at radius 2 is 2.00 bits per heavy atom. The van der Waals surface area contributed by atoms with Gasteiger partial charge in [0.2, 0.25) is 5.91 Å². The highest BCUT2D eigenvalue weighted by Gasteiger charge is 2.32. The molecule has 7 nitrogen and oxygen atoms in total. The van der Waals surface area contributed by atoms with Gasteiger partial charge in [-0.1, -0.05) is 38.1 Å². The lowest BCUT2D eigenvalue weighted by atomic mass is 9.96. The number of primary amides is 1. The maximum absolute atomic E-state index is 12.9. The maximum atomic E-state index is 12.9. The fourth-order valence-corrected chi connectivity index (χ4v) is 2.84. The number of rotatable bonds is 3. The number of carbonyl (C=O) groups is 2. The SMILES string of the molecule is CC(C)(C)c1noc(-c2ccccc2C(=O)N2CC[C@@H](C(N)=O)C2)n1. The van der Waals surface area contributed by atoms with Gasteiger partial charge >= 0.3 is 0 Å². The molecular formula is C18H22N4O3. The molecule has 0 bridgehead atoms. The Balaban J connectivity index is 1.90. The first-order chi connectivity index (χ1) is 11.8. The molecule has 2 amide bonds. The van der Waals surface area contributed by atoms with Crippen LogP contribution in [0.2, 0.25) is 0 Å². The van der Waals surface area contributed by atoms with Gasteiger partial charge in [0.15, 0.2) is 5.82 Å². The van der Waals surface area contributed by atoms with Gasteiger partial charge in [0.05, 0.1) is 17.0 Å². The number of amides is 2. The number of benzene rings is 1. The summed E-state index contributed by atoms with van der Waals surface area (Å²) < 4.78 is 5.38. The number of nitrogens with two attached hydrogens (primary N) is 1. The topological polar surface area (TPSA) is 102 Å². The van der Waals surface area contributed by atoms with Crippen molar-refractivity contribution in [1.29, 1.82) is 0 Å². The molecule has 25 heavy (non-hydrogen) atoms. The Morgan fingerprint density at radius 3 is 2.60 bits per heavy atom. The van der Waals surface area contributed by atoms with Crippen LogP contribution in [0.3, 0.4) is 0 Å². The Morgan fingerprint density at radius 1 is 1.28 bits per heavy atom. The zero-order valence-corrected chi connectivity index (χ0v) is 14.7. The van der Waals surface area contributed by atoms with Crippen LogP contribution in [0.5, 0.6) is 0 Å². The summed E-state index contributed by atoms with van der Waals surface area (Å²) in [4.78, 5) is 30.3. The summed E-state index contributed by atoms with van der Waals surface area (Å²) in [5.74, 6) is 0.0939. The summed E-state index contributed by atoms with van der Waals surface area (Å²) in [6, 6.07) is 7.13. The minimum absolute atomic E-state index is 0.158. The predicted molar refractivity (Wildman–Crippen MR) is 91.6 cm³/mol. The maximum Gasteiger partial charge on any atom is 0.258 e. The third kappa shape index (κ3) is 3.40. The smallest absolute Gasteiger partial charge is 0.258 e. The molecule has 132 valence electrons. The van der Waals surface area contributed by atoms with Crippen LogP contribution in [-0.2, 0) is 10.2 Å². The van der Waals surface area contributed by atoms with Gasteiger partial charge in [-0.25, -0.2) is 0 Å². The zero-order valence-electron chi connectivity index (χ0n) is 14.7. The van der Waals surface area contributed by atoms with Crippen molar-refractivity contribution in [3.8, 4) is 11.5 Å². The molecule has 1 atom stereocenters. The van der Waals surface area contributed by atoms with E-state index in [4.69, 9.17) is 10.3 Å². The molecule has 2 heterocycles. The minimum atomic E-state index is -0.365. The van der Waals surface area contributed by atoms with Gasteiger partial charge in [0.1, 0.15) is 0 Å². The van der Waals surface area contributed by atoms with Gasteiger partial charge in [0.25, 0.3) is 11.8 Å². The molecule has 0 spiro atoms. The average molecular weight is 342 g/mol. The Kier molecular flexibility index (Phi) is 4.32. The molecule has 0 radical (unpaired) electrons. The van der Waals surface area contributed by atoms with Crippen molar-refractivity contribution in [1.82, 2.24) is 15.0 Å². The van der Waals surface area contributed by atoms with Crippen molar-refractivity contribution in [2.24, 2.45) is 11.7 Å². The quantitative estimate of drug-likeness (QED) is 0.919. The first kappa shape index (κ1) is 17.1. The van der Waals surface area contributed by atoms with Gasteiger partial charge in [-0.3, -0.25) is 9.59 Å². The molecule has 0 unspecified atom stereocenters. The summed E-state index contributed by atoms with van der Waals surface area (Å²) in [6.45, 7) is 6.84. The molecule has 2 aromatic rings. The molecule has 1 aromatic heterocycles. The highest BCUT2D eigenvalue weighted by atomic mass is 16.5. The van der Waals surface area contributed by atoms with Crippen LogP contribution < -0.4 is 5.73 Å². The van der Waals surface area contributed by atoms with Gasteiger partial charge < -0.3 is 15.2 Å². The van der Waals surface area contributed by atoms with E-state index in [-0.39, 0.29) is 23.1 Å². The van der Waals surface area contributed by atoms with Crippen LogP contribution in [0.1, 0.15) is 43.4 Å². The molecule has 1 aliphatic rings. The second-order valence-electron chi connectivity index (χ2n) is 7.36. The molecule has 3 rings (SSSR count). The van der Waals surface area contributed by atoms with Crippen molar-refractivity contribution in [2.75, 3.05) is 13.1 Å². The number of hydrogen-bond acceptors (Lipinski definition) is 5. The van der Waals surface area contributed by atoms with E-state index in [0.717, 1.165) is 0 Å². The van der Waals surface area contributed by atoms with E-state index >= 15 is 0 Å². The predicted octanol–water partition coefficient (Wildman–Crippen LogP) is 1.98. The summed E-state index contributed by atoms with van der Waals surface area (Å²) in [5, 5.41) is 4.02. The summed E-state index contributed by atoms with van der Waals surface area (Å²) in [6.07, 6.45) is 0.595. The lowest BCUT2D eigenvalue weighted by Crippen LogP contribution is -2.32. The number of likely N-dealkylation sites (tertiary alicyclic amines) is 1. The van der Waals surface area contributed by atoms with Gasteiger partial charge in [-0.05, 0) is 18.6 Å². The van der Waals surface area contributed by atoms with E-state index in [1.807, 2.05) is 26.8 Å². The summed E-state index contributed by atoms with van der Waals surface area (Å²) in [5.41, 5.74) is 6.19. The lowest BCUT2D eigenvalue weighted by Gasteiger charge is -2.17. The Hall–Kier alpha value is -2.70. The lowest BCUT2D eigenvalue weighted by molar-refractivity contribution is -0.121. The van der Waals surface area contributed by atoms with E-state index in [2.05, 4.69) is 10.1 Å². The van der Waals surface area contributed by atoms with Crippen LogP contribution in [0, 0.1) is 5.92 Å². The van der Waals surface area contributed by atoms with E-state index in [1.54, 1.807) is 23.1 Å². The van der Waals surface area contributed by atoms with Crippen LogP contribution in [0.15, 0.2) is 28.8 Å². The Labute approximate surface area is 146 Å². The van der Waals surface area contributed by atoms with Crippen molar-refractivity contribution in [3.05, 3.63) is 35.7 Å². The highest BCUT2D eigenvalue weighted by Crippen LogP contribution is 2.28. The second-order valence-corrected chi connectivity index (χ2v) is 7.36. The van der Waals surface area contributed by atoms with E-state index < -0.39 is 0 Å². The molecule has 0 aliphatic carbocycles.